The summed E-state index contributed by atoms with van der Waals surface area (Å²) in [6.45, 7) is 0.878. The lowest BCUT2D eigenvalue weighted by atomic mass is 10.2. The van der Waals surface area contributed by atoms with Gasteiger partial charge in [-0.1, -0.05) is 36.4 Å². The van der Waals surface area contributed by atoms with Crippen LogP contribution in [0, 0.1) is 0 Å². The molecule has 0 amide bonds. The van der Waals surface area contributed by atoms with Crippen molar-refractivity contribution in [3.8, 4) is 17.1 Å². The molecule has 0 saturated heterocycles. The maximum absolute atomic E-state index is 4.68. The van der Waals surface area contributed by atoms with Gasteiger partial charge in [0.05, 0.1) is 5.52 Å². The Kier molecular flexibility index (Phi) is 2.37. The van der Waals surface area contributed by atoms with Gasteiger partial charge in [0.25, 0.3) is 12.0 Å². The van der Waals surface area contributed by atoms with E-state index >= 15 is 0 Å². The fourth-order valence-corrected chi connectivity index (χ4v) is 4.02. The third-order valence-corrected chi connectivity index (χ3v) is 5.05. The lowest BCUT2D eigenvalue weighted by Crippen LogP contribution is -2.29. The average Bonchev–Trinajstić information content (AvgIpc) is 3.29. The van der Waals surface area contributed by atoms with E-state index in [-0.39, 0.29) is 0 Å². The van der Waals surface area contributed by atoms with Crippen LogP contribution in [0.3, 0.4) is 0 Å². The first kappa shape index (κ1) is 13.0. The Hall–Kier alpha value is -3.40. The molecule has 5 aromatic rings. The largest absolute Gasteiger partial charge is 0.269 e. The van der Waals surface area contributed by atoms with Crippen LogP contribution in [0.15, 0.2) is 79.3 Å². The zero-order valence-corrected chi connectivity index (χ0v) is 13.5. The molecular formula is C21H15N4+. The summed E-state index contributed by atoms with van der Waals surface area (Å²) >= 11 is 0. The predicted molar refractivity (Wildman–Crippen MR) is 96.8 cm³/mol. The highest BCUT2D eigenvalue weighted by Crippen LogP contribution is 2.34. The highest BCUT2D eigenvalue weighted by atomic mass is 15.2. The van der Waals surface area contributed by atoms with Crippen LogP contribution < -0.4 is 4.57 Å². The molecule has 0 atom stereocenters. The van der Waals surface area contributed by atoms with Crippen molar-refractivity contribution in [2.75, 3.05) is 0 Å². The van der Waals surface area contributed by atoms with E-state index in [9.17, 15) is 0 Å². The van der Waals surface area contributed by atoms with E-state index in [1.54, 1.807) is 0 Å². The summed E-state index contributed by atoms with van der Waals surface area (Å²) in [7, 11) is 0. The monoisotopic (exact) mass is 323 g/mol. The highest BCUT2D eigenvalue weighted by Gasteiger charge is 2.34. The molecule has 1 aliphatic heterocycles. The molecule has 0 spiro atoms. The Bertz CT molecular complexity index is 1260. The number of benzene rings is 2. The number of hydrogen-bond acceptors (Lipinski definition) is 1. The first-order chi connectivity index (χ1) is 12.4. The van der Waals surface area contributed by atoms with Crippen LogP contribution in [-0.2, 0) is 6.54 Å². The van der Waals surface area contributed by atoms with Crippen LogP contribution >= 0.6 is 0 Å². The molecule has 3 aromatic heterocycles. The normalized spacial score (nSPS) is 12.6. The van der Waals surface area contributed by atoms with Crippen LogP contribution in [0.5, 0.6) is 0 Å². The summed E-state index contributed by atoms with van der Waals surface area (Å²) in [5, 5.41) is 0. The molecule has 0 bridgehead atoms. The van der Waals surface area contributed by atoms with Gasteiger partial charge in [0, 0.05) is 17.4 Å². The smallest absolute Gasteiger partial charge is 0.261 e. The fourth-order valence-electron chi connectivity index (χ4n) is 4.02. The van der Waals surface area contributed by atoms with Crippen molar-refractivity contribution in [3.63, 3.8) is 0 Å². The molecule has 6 rings (SSSR count). The van der Waals surface area contributed by atoms with E-state index in [1.807, 2.05) is 12.3 Å². The van der Waals surface area contributed by atoms with E-state index in [4.69, 9.17) is 0 Å². The van der Waals surface area contributed by atoms with Crippen LogP contribution in [0.2, 0.25) is 0 Å². The Morgan fingerprint density at radius 2 is 1.64 bits per heavy atom. The number of nitrogens with zero attached hydrogens (tertiary/aromatic N) is 4. The minimum Gasteiger partial charge on any atom is -0.269 e. The third-order valence-electron chi connectivity index (χ3n) is 5.05. The molecule has 0 aliphatic carbocycles. The number of fused-ring (bicyclic) bond motifs is 7. The van der Waals surface area contributed by atoms with Gasteiger partial charge in [-0.25, -0.2) is 4.57 Å². The maximum Gasteiger partial charge on any atom is 0.261 e. The second-order valence-corrected chi connectivity index (χ2v) is 6.46. The fraction of sp³-hybridized carbons (Fsp3) is 0.0476. The Labute approximate surface area is 144 Å². The lowest BCUT2D eigenvalue weighted by molar-refractivity contribution is -0.671. The SMILES string of the molecule is c1ccc(-n2c3ccccc3n3c[n+]4c(c23)-c2ncccc2C4)cc1. The summed E-state index contributed by atoms with van der Waals surface area (Å²) in [6.07, 6.45) is 4.08. The van der Waals surface area contributed by atoms with Crippen molar-refractivity contribution in [1.29, 1.82) is 0 Å². The third kappa shape index (κ3) is 1.61. The van der Waals surface area contributed by atoms with Gasteiger partial charge in [0.2, 0.25) is 5.69 Å². The van der Waals surface area contributed by atoms with Crippen molar-refractivity contribution in [3.05, 3.63) is 84.8 Å². The van der Waals surface area contributed by atoms with Gasteiger partial charge in [-0.2, -0.15) is 4.40 Å². The Balaban J connectivity index is 1.84. The first-order valence-electron chi connectivity index (χ1n) is 8.45. The van der Waals surface area contributed by atoms with Crippen molar-refractivity contribution < 1.29 is 4.57 Å². The van der Waals surface area contributed by atoms with Crippen LogP contribution in [-0.4, -0.2) is 14.0 Å². The van der Waals surface area contributed by atoms with Gasteiger partial charge >= 0.3 is 0 Å². The zero-order valence-electron chi connectivity index (χ0n) is 13.5. The standard InChI is InChI=1S/C21H15N4/c1-2-8-16(9-3-1)25-18-11-5-4-10-17(18)24-14-23-13-15-7-6-12-22-19(15)20(23)21(24)25/h1-12,14H,13H2/q+1. The summed E-state index contributed by atoms with van der Waals surface area (Å²) in [5.41, 5.74) is 8.31. The quantitative estimate of drug-likeness (QED) is 0.425. The van der Waals surface area contributed by atoms with Crippen molar-refractivity contribution >= 4 is 16.7 Å². The zero-order chi connectivity index (χ0) is 16.4. The summed E-state index contributed by atoms with van der Waals surface area (Å²) in [4.78, 5) is 4.68. The van der Waals surface area contributed by atoms with Gasteiger partial charge in [-0.15, -0.1) is 0 Å². The minimum atomic E-state index is 0.878. The molecule has 2 aromatic carbocycles. The first-order valence-corrected chi connectivity index (χ1v) is 8.45. The topological polar surface area (TPSA) is 26.1 Å². The number of para-hydroxylation sites is 3. The van der Waals surface area contributed by atoms with Crippen molar-refractivity contribution in [2.45, 2.75) is 6.54 Å². The summed E-state index contributed by atoms with van der Waals surface area (Å²) in [6, 6.07) is 23.3. The Morgan fingerprint density at radius 1 is 0.840 bits per heavy atom. The van der Waals surface area contributed by atoms with E-state index in [1.165, 1.54) is 33.6 Å². The molecule has 0 N–H and O–H groups in total. The summed E-state index contributed by atoms with van der Waals surface area (Å²) < 4.78 is 6.93. The number of hydrogen-bond donors (Lipinski definition) is 0. The second-order valence-electron chi connectivity index (χ2n) is 6.46. The molecule has 0 radical (unpaired) electrons. The molecule has 118 valence electrons. The van der Waals surface area contributed by atoms with Crippen LogP contribution in [0.4, 0.5) is 0 Å². The molecule has 0 unspecified atom stereocenters. The molecule has 4 nitrogen and oxygen atoms in total. The van der Waals surface area contributed by atoms with E-state index < -0.39 is 0 Å². The van der Waals surface area contributed by atoms with E-state index in [0.717, 1.165) is 12.2 Å². The second kappa shape index (κ2) is 4.57. The van der Waals surface area contributed by atoms with Crippen LogP contribution in [0.1, 0.15) is 5.56 Å². The maximum atomic E-state index is 4.68. The molecular weight excluding hydrogens is 308 g/mol. The number of aromatic nitrogens is 4. The molecule has 0 fully saturated rings. The lowest BCUT2D eigenvalue weighted by Gasteiger charge is -2.04. The minimum absolute atomic E-state index is 0.878. The highest BCUT2D eigenvalue weighted by molar-refractivity contribution is 5.89. The number of rotatable bonds is 1. The van der Waals surface area contributed by atoms with Gasteiger partial charge in [-0.05, 0) is 30.3 Å². The predicted octanol–water partition coefficient (Wildman–Crippen LogP) is 3.59. The van der Waals surface area contributed by atoms with Gasteiger partial charge < -0.3 is 0 Å². The van der Waals surface area contributed by atoms with Crippen LogP contribution in [0.25, 0.3) is 33.8 Å². The summed E-state index contributed by atoms with van der Waals surface area (Å²) in [5.74, 6) is 0. The van der Waals surface area contributed by atoms with E-state index in [2.05, 4.69) is 85.5 Å². The van der Waals surface area contributed by atoms with Gasteiger partial charge in [0.1, 0.15) is 12.2 Å². The van der Waals surface area contributed by atoms with Gasteiger partial charge in [0.15, 0.2) is 5.52 Å². The molecule has 0 saturated carbocycles. The number of pyridine rings is 1. The van der Waals surface area contributed by atoms with E-state index in [0.29, 0.717) is 0 Å². The Morgan fingerprint density at radius 3 is 2.52 bits per heavy atom. The van der Waals surface area contributed by atoms with Gasteiger partial charge in [-0.3, -0.25) is 9.55 Å². The molecule has 4 heterocycles. The molecule has 1 aliphatic rings. The average molecular weight is 323 g/mol. The number of imidazole rings is 2. The van der Waals surface area contributed by atoms with Crippen molar-refractivity contribution in [2.24, 2.45) is 0 Å². The molecule has 4 heteroatoms. The molecule has 25 heavy (non-hydrogen) atoms. The van der Waals surface area contributed by atoms with Crippen molar-refractivity contribution in [1.82, 2.24) is 14.0 Å².